The van der Waals surface area contributed by atoms with E-state index >= 15 is 0 Å². The van der Waals surface area contributed by atoms with Crippen LogP contribution in [0, 0.1) is 5.92 Å². The molecule has 1 aromatic carbocycles. The van der Waals surface area contributed by atoms with Crippen molar-refractivity contribution >= 4 is 5.97 Å². The van der Waals surface area contributed by atoms with Crippen molar-refractivity contribution in [1.29, 1.82) is 0 Å². The van der Waals surface area contributed by atoms with Crippen LogP contribution in [0.1, 0.15) is 37.7 Å². The lowest BCUT2D eigenvalue weighted by Gasteiger charge is -2.33. The van der Waals surface area contributed by atoms with E-state index in [1.54, 1.807) is 0 Å². The lowest BCUT2D eigenvalue weighted by molar-refractivity contribution is -0.178. The van der Waals surface area contributed by atoms with Gasteiger partial charge >= 0.3 is 5.97 Å². The molecule has 0 radical (unpaired) electrons. The van der Waals surface area contributed by atoms with Crippen LogP contribution < -0.4 is 0 Å². The molecule has 1 aliphatic heterocycles. The van der Waals surface area contributed by atoms with Crippen LogP contribution in [0.3, 0.4) is 0 Å². The molecule has 0 amide bonds. The number of nitrogens with zero attached hydrogens (tertiary/aromatic N) is 1. The van der Waals surface area contributed by atoms with Crippen molar-refractivity contribution in [3.8, 4) is 0 Å². The van der Waals surface area contributed by atoms with E-state index in [4.69, 9.17) is 4.74 Å². The van der Waals surface area contributed by atoms with Gasteiger partial charge in [-0.15, -0.1) is 0 Å². The highest BCUT2D eigenvalue weighted by atomic mass is 16.6. The molecule has 1 heterocycles. The Labute approximate surface area is 132 Å². The van der Waals surface area contributed by atoms with Gasteiger partial charge in [0.25, 0.3) is 0 Å². The van der Waals surface area contributed by atoms with Gasteiger partial charge in [-0.25, -0.2) is 4.79 Å². The highest BCUT2D eigenvalue weighted by Crippen LogP contribution is 2.41. The molecule has 2 fully saturated rings. The molecule has 120 valence electrons. The quantitative estimate of drug-likeness (QED) is 0.867. The molecule has 22 heavy (non-hydrogen) atoms. The van der Waals surface area contributed by atoms with Gasteiger partial charge in [-0.05, 0) is 31.9 Å². The standard InChI is InChI=1S/C18H25NO3/c1-19-12-11-16(13-19)22-17(20)18(21,15-9-5-6-10-15)14-7-3-2-4-8-14/h2-4,7-8,15-16,21H,5-6,9-13H2,1H3/t16-,18-/m0/s1. The summed E-state index contributed by atoms with van der Waals surface area (Å²) in [6, 6.07) is 9.30. The number of hydrogen-bond donors (Lipinski definition) is 1. The Morgan fingerprint density at radius 1 is 1.23 bits per heavy atom. The van der Waals surface area contributed by atoms with E-state index in [1.165, 1.54) is 0 Å². The largest absolute Gasteiger partial charge is 0.459 e. The van der Waals surface area contributed by atoms with E-state index in [0.717, 1.165) is 45.2 Å². The van der Waals surface area contributed by atoms with Crippen LogP contribution >= 0.6 is 0 Å². The number of esters is 1. The van der Waals surface area contributed by atoms with Gasteiger partial charge in [0.1, 0.15) is 6.10 Å². The van der Waals surface area contributed by atoms with Gasteiger partial charge in [0.15, 0.2) is 5.60 Å². The molecule has 1 saturated carbocycles. The van der Waals surface area contributed by atoms with E-state index in [2.05, 4.69) is 4.90 Å². The maximum atomic E-state index is 12.8. The Morgan fingerprint density at radius 3 is 2.50 bits per heavy atom. The maximum Gasteiger partial charge on any atom is 0.343 e. The number of rotatable bonds is 4. The predicted molar refractivity (Wildman–Crippen MR) is 84.3 cm³/mol. The summed E-state index contributed by atoms with van der Waals surface area (Å²) in [6.45, 7) is 1.69. The fourth-order valence-electron chi connectivity index (χ4n) is 3.79. The third-order valence-corrected chi connectivity index (χ3v) is 5.09. The van der Waals surface area contributed by atoms with Crippen LogP contribution in [-0.2, 0) is 15.1 Å². The molecular formula is C18H25NO3. The molecule has 1 aromatic rings. The Balaban J connectivity index is 1.83. The van der Waals surface area contributed by atoms with E-state index in [1.807, 2.05) is 37.4 Å². The van der Waals surface area contributed by atoms with Crippen molar-refractivity contribution < 1.29 is 14.6 Å². The van der Waals surface area contributed by atoms with Crippen LogP contribution in [-0.4, -0.2) is 42.2 Å². The first-order chi connectivity index (χ1) is 10.6. The Hall–Kier alpha value is -1.39. The van der Waals surface area contributed by atoms with Crippen LogP contribution in [0.15, 0.2) is 30.3 Å². The number of likely N-dealkylation sites (tertiary alicyclic amines) is 1. The third-order valence-electron chi connectivity index (χ3n) is 5.09. The average Bonchev–Trinajstić information content (AvgIpc) is 3.19. The van der Waals surface area contributed by atoms with Crippen molar-refractivity contribution in [3.05, 3.63) is 35.9 Å². The maximum absolute atomic E-state index is 12.8. The van der Waals surface area contributed by atoms with Crippen molar-refractivity contribution in [3.63, 3.8) is 0 Å². The average molecular weight is 303 g/mol. The Morgan fingerprint density at radius 2 is 1.91 bits per heavy atom. The molecule has 0 spiro atoms. The number of ether oxygens (including phenoxy) is 1. The van der Waals surface area contributed by atoms with E-state index in [-0.39, 0.29) is 12.0 Å². The molecule has 1 saturated heterocycles. The van der Waals surface area contributed by atoms with Crippen LogP contribution in [0.25, 0.3) is 0 Å². The summed E-state index contributed by atoms with van der Waals surface area (Å²) in [4.78, 5) is 15.0. The van der Waals surface area contributed by atoms with E-state index in [0.29, 0.717) is 5.56 Å². The smallest absolute Gasteiger partial charge is 0.343 e. The lowest BCUT2D eigenvalue weighted by Crippen LogP contribution is -2.45. The van der Waals surface area contributed by atoms with Crippen molar-refractivity contribution in [1.82, 2.24) is 4.90 Å². The normalized spacial score (nSPS) is 26.0. The van der Waals surface area contributed by atoms with Gasteiger partial charge in [0, 0.05) is 19.0 Å². The number of hydrogen-bond acceptors (Lipinski definition) is 4. The van der Waals surface area contributed by atoms with Crippen molar-refractivity contribution in [2.75, 3.05) is 20.1 Å². The van der Waals surface area contributed by atoms with Gasteiger partial charge in [-0.2, -0.15) is 0 Å². The summed E-state index contributed by atoms with van der Waals surface area (Å²) in [5.74, 6) is -0.507. The monoisotopic (exact) mass is 303 g/mol. The summed E-state index contributed by atoms with van der Waals surface area (Å²) >= 11 is 0. The summed E-state index contributed by atoms with van der Waals surface area (Å²) in [6.07, 6.45) is 4.64. The number of carbonyl (C=O) groups is 1. The van der Waals surface area contributed by atoms with Gasteiger partial charge in [0.05, 0.1) is 0 Å². The number of benzene rings is 1. The first-order valence-corrected chi connectivity index (χ1v) is 8.28. The zero-order valence-electron chi connectivity index (χ0n) is 13.2. The number of aliphatic hydroxyl groups is 1. The highest BCUT2D eigenvalue weighted by Gasteiger charge is 2.48. The summed E-state index contributed by atoms with van der Waals surface area (Å²) in [7, 11) is 2.02. The molecule has 4 nitrogen and oxygen atoms in total. The fourth-order valence-corrected chi connectivity index (χ4v) is 3.79. The minimum atomic E-state index is -1.50. The van der Waals surface area contributed by atoms with Crippen molar-refractivity contribution in [2.45, 2.75) is 43.8 Å². The third kappa shape index (κ3) is 2.90. The zero-order valence-corrected chi connectivity index (χ0v) is 13.2. The Kier molecular flexibility index (Phi) is 4.50. The van der Waals surface area contributed by atoms with Crippen molar-refractivity contribution in [2.24, 2.45) is 5.92 Å². The van der Waals surface area contributed by atoms with Crippen LogP contribution in [0.4, 0.5) is 0 Å². The molecule has 2 atom stereocenters. The minimum absolute atomic E-state index is 0.0402. The summed E-state index contributed by atoms with van der Waals surface area (Å²) in [5, 5.41) is 11.3. The SMILES string of the molecule is CN1CC[C@H](OC(=O)[C@](O)(c2ccccc2)C2CCCC2)C1. The highest BCUT2D eigenvalue weighted by molar-refractivity contribution is 5.81. The second-order valence-corrected chi connectivity index (χ2v) is 6.69. The minimum Gasteiger partial charge on any atom is -0.459 e. The van der Waals surface area contributed by atoms with Crippen LogP contribution in [0.5, 0.6) is 0 Å². The summed E-state index contributed by atoms with van der Waals surface area (Å²) in [5.41, 5.74) is -0.836. The molecule has 1 N–H and O–H groups in total. The zero-order chi connectivity index (χ0) is 15.6. The topological polar surface area (TPSA) is 49.8 Å². The second kappa shape index (κ2) is 6.39. The molecular weight excluding hydrogens is 278 g/mol. The van der Waals surface area contributed by atoms with E-state index in [9.17, 15) is 9.90 Å². The first kappa shape index (κ1) is 15.5. The van der Waals surface area contributed by atoms with Gasteiger partial charge in [0.2, 0.25) is 0 Å². The fraction of sp³-hybridized carbons (Fsp3) is 0.611. The van der Waals surface area contributed by atoms with Gasteiger partial charge in [-0.1, -0.05) is 43.2 Å². The predicted octanol–water partition coefficient (Wildman–Crippen LogP) is 2.31. The molecule has 0 unspecified atom stereocenters. The molecule has 0 bridgehead atoms. The molecule has 3 rings (SSSR count). The number of carbonyl (C=O) groups excluding carboxylic acids is 1. The number of likely N-dealkylation sites (N-methyl/N-ethyl adjacent to an activating group) is 1. The molecule has 2 aliphatic rings. The first-order valence-electron chi connectivity index (χ1n) is 8.28. The van der Waals surface area contributed by atoms with Gasteiger partial charge < -0.3 is 14.7 Å². The molecule has 0 aromatic heterocycles. The van der Waals surface area contributed by atoms with E-state index < -0.39 is 11.6 Å². The van der Waals surface area contributed by atoms with Gasteiger partial charge in [-0.3, -0.25) is 0 Å². The second-order valence-electron chi connectivity index (χ2n) is 6.69. The lowest BCUT2D eigenvalue weighted by atomic mass is 9.80. The summed E-state index contributed by atoms with van der Waals surface area (Å²) < 4.78 is 5.68. The van der Waals surface area contributed by atoms with Crippen LogP contribution in [0.2, 0.25) is 0 Å². The molecule has 4 heteroatoms. The molecule has 1 aliphatic carbocycles. The Bertz CT molecular complexity index is 512.